The number of carbonyl (C=O) groups is 2. The van der Waals surface area contributed by atoms with Gasteiger partial charge >= 0.3 is 0 Å². The zero-order chi connectivity index (χ0) is 18.4. The summed E-state index contributed by atoms with van der Waals surface area (Å²) in [7, 11) is 0. The minimum absolute atomic E-state index is 0.0169. The molecule has 0 aliphatic rings. The van der Waals surface area contributed by atoms with Crippen molar-refractivity contribution in [3.05, 3.63) is 68.2 Å². The van der Waals surface area contributed by atoms with Crippen LogP contribution in [0.1, 0.15) is 10.4 Å². The van der Waals surface area contributed by atoms with Gasteiger partial charge in [0.05, 0.1) is 5.02 Å². The second-order valence-electron chi connectivity index (χ2n) is 4.90. The van der Waals surface area contributed by atoms with E-state index < -0.39 is 23.2 Å². The smallest absolute Gasteiger partial charge is 0.265 e. The fourth-order valence-corrected chi connectivity index (χ4v) is 2.31. The molecule has 0 radical (unpaired) electrons. The lowest BCUT2D eigenvalue weighted by Crippen LogP contribution is -2.20. The summed E-state index contributed by atoms with van der Waals surface area (Å²) in [5, 5.41) is 13.5. The summed E-state index contributed by atoms with van der Waals surface area (Å²) in [4.78, 5) is 33.2. The average molecular weight is 383 g/mol. The van der Waals surface area contributed by atoms with E-state index >= 15 is 0 Å². The summed E-state index contributed by atoms with van der Waals surface area (Å²) in [6, 6.07) is 10.6. The van der Waals surface area contributed by atoms with Crippen LogP contribution in [0.4, 0.5) is 5.69 Å². The molecule has 0 heterocycles. The summed E-state index contributed by atoms with van der Waals surface area (Å²) < 4.78 is 5.30. The number of nitrogens with zero attached hydrogens (tertiary/aromatic N) is 1. The van der Waals surface area contributed by atoms with Gasteiger partial charge in [-0.1, -0.05) is 23.2 Å². The molecule has 0 fully saturated rings. The molecular formula is C16H12Cl2N2O5. The average Bonchev–Trinajstić information content (AvgIpc) is 2.53. The Kier molecular flexibility index (Phi) is 6.32. The van der Waals surface area contributed by atoms with Gasteiger partial charge in [-0.3, -0.25) is 19.7 Å². The van der Waals surface area contributed by atoms with Crippen molar-refractivity contribution in [2.24, 2.45) is 0 Å². The highest BCUT2D eigenvalue weighted by Gasteiger charge is 2.16. The number of benzene rings is 2. The van der Waals surface area contributed by atoms with Crippen LogP contribution in [-0.4, -0.2) is 29.8 Å². The number of hydrogen-bond donors (Lipinski definition) is 1. The summed E-state index contributed by atoms with van der Waals surface area (Å²) >= 11 is 11.7. The largest absolute Gasteiger partial charge is 0.484 e. The maximum atomic E-state index is 11.9. The Balaban J connectivity index is 1.94. The van der Waals surface area contributed by atoms with Gasteiger partial charge in [-0.15, -0.1) is 0 Å². The van der Waals surface area contributed by atoms with Crippen LogP contribution in [0.5, 0.6) is 5.75 Å². The van der Waals surface area contributed by atoms with Gasteiger partial charge in [0.2, 0.25) is 5.78 Å². The highest BCUT2D eigenvalue weighted by molar-refractivity contribution is 6.34. The number of halogens is 2. The molecular weight excluding hydrogens is 371 g/mol. The number of Topliss-reactive ketones (excluding diaryl/α,β-unsaturated/α-hetero) is 1. The molecule has 9 heteroatoms. The maximum Gasteiger partial charge on any atom is 0.265 e. The van der Waals surface area contributed by atoms with Crippen LogP contribution in [0.2, 0.25) is 10.0 Å². The van der Waals surface area contributed by atoms with Crippen molar-refractivity contribution in [1.82, 2.24) is 0 Å². The number of amides is 1. The molecule has 2 rings (SSSR count). The lowest BCUT2D eigenvalue weighted by Gasteiger charge is -2.09. The predicted molar refractivity (Wildman–Crippen MR) is 93.2 cm³/mol. The van der Waals surface area contributed by atoms with E-state index in [1.807, 2.05) is 0 Å². The van der Waals surface area contributed by atoms with Crippen LogP contribution in [0, 0.1) is 10.1 Å². The van der Waals surface area contributed by atoms with Crippen LogP contribution in [0.3, 0.4) is 0 Å². The third-order valence-corrected chi connectivity index (χ3v) is 3.57. The standard InChI is InChI=1S/C16H12Cl2N2O5/c17-10-1-4-12(5-2-10)25-9-16(22)19-11-3-6-13(14(18)7-11)15(21)8-20(23)24/h1-7H,8-9H2,(H,19,22). The van der Waals surface area contributed by atoms with Gasteiger partial charge in [0.15, 0.2) is 6.61 Å². The number of ether oxygens (including phenoxy) is 1. The molecule has 0 atom stereocenters. The van der Waals surface area contributed by atoms with Gasteiger partial charge in [-0.05, 0) is 42.5 Å². The molecule has 0 aliphatic heterocycles. The highest BCUT2D eigenvalue weighted by Crippen LogP contribution is 2.22. The molecule has 1 N–H and O–H groups in total. The Morgan fingerprint density at radius 1 is 1.12 bits per heavy atom. The van der Waals surface area contributed by atoms with Gasteiger partial charge in [0.1, 0.15) is 5.75 Å². The van der Waals surface area contributed by atoms with Gasteiger partial charge < -0.3 is 10.1 Å². The Hall–Kier alpha value is -2.64. The molecule has 1 amide bonds. The number of nitrogens with one attached hydrogen (secondary N) is 1. The van der Waals surface area contributed by atoms with Crippen molar-refractivity contribution < 1.29 is 19.2 Å². The van der Waals surface area contributed by atoms with E-state index in [1.165, 1.54) is 18.2 Å². The van der Waals surface area contributed by atoms with Crippen molar-refractivity contribution >= 4 is 40.6 Å². The molecule has 25 heavy (non-hydrogen) atoms. The first-order valence-corrected chi connectivity index (χ1v) is 7.73. The molecule has 0 spiro atoms. The monoisotopic (exact) mass is 382 g/mol. The molecule has 7 nitrogen and oxygen atoms in total. The second-order valence-corrected chi connectivity index (χ2v) is 5.74. The molecule has 0 aliphatic carbocycles. The van der Waals surface area contributed by atoms with E-state index in [0.29, 0.717) is 16.5 Å². The molecule has 2 aromatic rings. The van der Waals surface area contributed by atoms with Gasteiger partial charge in [-0.2, -0.15) is 0 Å². The zero-order valence-corrected chi connectivity index (χ0v) is 14.2. The topological polar surface area (TPSA) is 98.5 Å². The summed E-state index contributed by atoms with van der Waals surface area (Å²) in [6.07, 6.45) is 0. The lowest BCUT2D eigenvalue weighted by atomic mass is 10.1. The molecule has 130 valence electrons. The minimum atomic E-state index is -0.847. The van der Waals surface area contributed by atoms with Crippen LogP contribution >= 0.6 is 23.2 Å². The van der Waals surface area contributed by atoms with Gasteiger partial charge in [0, 0.05) is 21.2 Å². The number of hydrogen-bond acceptors (Lipinski definition) is 5. The summed E-state index contributed by atoms with van der Waals surface area (Å²) in [5.41, 5.74) is 0.362. The molecule has 2 aromatic carbocycles. The van der Waals surface area contributed by atoms with Crippen molar-refractivity contribution in [3.63, 3.8) is 0 Å². The minimum Gasteiger partial charge on any atom is -0.484 e. The van der Waals surface area contributed by atoms with E-state index in [4.69, 9.17) is 27.9 Å². The van der Waals surface area contributed by atoms with E-state index in [1.54, 1.807) is 24.3 Å². The fourth-order valence-electron chi connectivity index (χ4n) is 1.90. The van der Waals surface area contributed by atoms with Crippen molar-refractivity contribution in [2.75, 3.05) is 18.5 Å². The number of rotatable bonds is 7. The number of anilines is 1. The Labute approximate surface area is 152 Å². The normalized spacial score (nSPS) is 10.2. The van der Waals surface area contributed by atoms with Crippen LogP contribution in [0.15, 0.2) is 42.5 Å². The van der Waals surface area contributed by atoms with E-state index in [9.17, 15) is 19.7 Å². The first-order chi connectivity index (χ1) is 11.8. The van der Waals surface area contributed by atoms with Crippen LogP contribution in [-0.2, 0) is 4.79 Å². The number of nitro groups is 1. The van der Waals surface area contributed by atoms with E-state index in [-0.39, 0.29) is 17.2 Å². The van der Waals surface area contributed by atoms with Crippen molar-refractivity contribution in [1.29, 1.82) is 0 Å². The maximum absolute atomic E-state index is 11.9. The number of ketones is 1. The van der Waals surface area contributed by atoms with Gasteiger partial charge in [0.25, 0.3) is 12.5 Å². The lowest BCUT2D eigenvalue weighted by molar-refractivity contribution is -0.465. The SMILES string of the molecule is O=C(COc1ccc(Cl)cc1)Nc1ccc(C(=O)C[N+](=O)[O-])c(Cl)c1. The molecule has 0 unspecified atom stereocenters. The highest BCUT2D eigenvalue weighted by atomic mass is 35.5. The third-order valence-electron chi connectivity index (χ3n) is 3.01. The Morgan fingerprint density at radius 2 is 1.80 bits per heavy atom. The summed E-state index contributed by atoms with van der Waals surface area (Å²) in [5.74, 6) is -0.660. The Bertz CT molecular complexity index is 809. The zero-order valence-electron chi connectivity index (χ0n) is 12.7. The fraction of sp³-hybridized carbons (Fsp3) is 0.125. The molecule has 0 saturated heterocycles. The third kappa shape index (κ3) is 5.74. The van der Waals surface area contributed by atoms with E-state index in [0.717, 1.165) is 0 Å². The Morgan fingerprint density at radius 3 is 2.40 bits per heavy atom. The van der Waals surface area contributed by atoms with Crippen LogP contribution in [0.25, 0.3) is 0 Å². The number of carbonyl (C=O) groups excluding carboxylic acids is 2. The first-order valence-electron chi connectivity index (χ1n) is 6.98. The van der Waals surface area contributed by atoms with Crippen molar-refractivity contribution in [3.8, 4) is 5.75 Å². The van der Waals surface area contributed by atoms with Gasteiger partial charge in [-0.25, -0.2) is 0 Å². The quantitative estimate of drug-likeness (QED) is 0.449. The molecule has 0 aromatic heterocycles. The van der Waals surface area contributed by atoms with Crippen molar-refractivity contribution in [2.45, 2.75) is 0 Å². The van der Waals surface area contributed by atoms with E-state index in [2.05, 4.69) is 5.32 Å². The molecule has 0 saturated carbocycles. The second kappa shape index (κ2) is 8.46. The first kappa shape index (κ1) is 18.7. The summed E-state index contributed by atoms with van der Waals surface area (Å²) in [6.45, 7) is -1.08. The van der Waals surface area contributed by atoms with Crippen LogP contribution < -0.4 is 10.1 Å². The predicted octanol–water partition coefficient (Wildman–Crippen LogP) is 3.47. The molecule has 0 bridgehead atoms.